The zero-order valence-electron chi connectivity index (χ0n) is 10.6. The molecule has 0 saturated carbocycles. The second-order valence-electron chi connectivity index (χ2n) is 4.54. The summed E-state index contributed by atoms with van der Waals surface area (Å²) >= 11 is 0. The van der Waals surface area contributed by atoms with Gasteiger partial charge >= 0.3 is 6.18 Å². The van der Waals surface area contributed by atoms with Crippen LogP contribution >= 0.6 is 0 Å². The first kappa shape index (κ1) is 14.4. The molecule has 0 bridgehead atoms. The third kappa shape index (κ3) is 3.11. The van der Waals surface area contributed by atoms with Gasteiger partial charge in [0.15, 0.2) is 0 Å². The summed E-state index contributed by atoms with van der Waals surface area (Å²) in [4.78, 5) is 0. The molecule has 0 amide bonds. The van der Waals surface area contributed by atoms with Gasteiger partial charge in [0.25, 0.3) is 0 Å². The number of nitrogens with two attached hydrogens (primary N) is 1. The van der Waals surface area contributed by atoms with Gasteiger partial charge in [0.2, 0.25) is 0 Å². The standard InChI is InChI=1S/C15H14F3NO/c16-15(17,18)14(19)12-8-4-7-11(13(12)20)9-10-5-2-1-3-6-10/h1-8,14,20H,9,19H2/t14-/m1/s1. The molecule has 0 spiro atoms. The van der Waals surface area contributed by atoms with E-state index in [1.54, 1.807) is 6.07 Å². The van der Waals surface area contributed by atoms with Gasteiger partial charge in [0, 0.05) is 12.0 Å². The van der Waals surface area contributed by atoms with Crippen LogP contribution < -0.4 is 5.73 Å². The molecule has 3 N–H and O–H groups in total. The topological polar surface area (TPSA) is 46.2 Å². The predicted octanol–water partition coefficient (Wildman–Crippen LogP) is 3.55. The number of aromatic hydroxyl groups is 1. The van der Waals surface area contributed by atoms with Gasteiger partial charge in [-0.25, -0.2) is 0 Å². The Morgan fingerprint density at radius 3 is 2.25 bits per heavy atom. The first-order chi connectivity index (χ1) is 9.39. The van der Waals surface area contributed by atoms with Crippen LogP contribution in [0.1, 0.15) is 22.7 Å². The van der Waals surface area contributed by atoms with E-state index in [1.807, 2.05) is 30.3 Å². The number of phenolic OH excluding ortho intramolecular Hbond substituents is 1. The second kappa shape index (κ2) is 5.54. The first-order valence-corrected chi connectivity index (χ1v) is 6.06. The van der Waals surface area contributed by atoms with Gasteiger partial charge in [-0.1, -0.05) is 48.5 Å². The van der Waals surface area contributed by atoms with Crippen LogP contribution in [-0.4, -0.2) is 11.3 Å². The zero-order chi connectivity index (χ0) is 14.8. The largest absolute Gasteiger partial charge is 0.507 e. The molecule has 2 aromatic carbocycles. The smallest absolute Gasteiger partial charge is 0.407 e. The third-order valence-corrected chi connectivity index (χ3v) is 3.08. The molecule has 106 valence electrons. The lowest BCUT2D eigenvalue weighted by Gasteiger charge is -2.18. The monoisotopic (exact) mass is 281 g/mol. The number of hydrogen-bond acceptors (Lipinski definition) is 2. The fraction of sp³-hybridized carbons (Fsp3) is 0.200. The maximum Gasteiger partial charge on any atom is 0.407 e. The summed E-state index contributed by atoms with van der Waals surface area (Å²) in [5.74, 6) is -0.388. The van der Waals surface area contributed by atoms with Crippen molar-refractivity contribution in [1.29, 1.82) is 0 Å². The third-order valence-electron chi connectivity index (χ3n) is 3.08. The van der Waals surface area contributed by atoms with E-state index < -0.39 is 12.2 Å². The molecule has 5 heteroatoms. The maximum absolute atomic E-state index is 12.6. The summed E-state index contributed by atoms with van der Waals surface area (Å²) in [6, 6.07) is 11.3. The van der Waals surface area contributed by atoms with Gasteiger partial charge in [-0.2, -0.15) is 13.2 Å². The van der Waals surface area contributed by atoms with Crippen LogP contribution in [0.5, 0.6) is 5.75 Å². The lowest BCUT2D eigenvalue weighted by atomic mass is 9.98. The van der Waals surface area contributed by atoms with E-state index in [0.29, 0.717) is 12.0 Å². The van der Waals surface area contributed by atoms with Gasteiger partial charge < -0.3 is 10.8 Å². The molecule has 0 fully saturated rings. The minimum Gasteiger partial charge on any atom is -0.507 e. The minimum absolute atomic E-state index is 0.300. The highest BCUT2D eigenvalue weighted by Crippen LogP contribution is 2.36. The van der Waals surface area contributed by atoms with Crippen LogP contribution in [0.25, 0.3) is 0 Å². The van der Waals surface area contributed by atoms with Crippen molar-refractivity contribution in [3.05, 3.63) is 65.2 Å². The number of hydrogen-bond donors (Lipinski definition) is 2. The number of para-hydroxylation sites is 1. The highest BCUT2D eigenvalue weighted by Gasteiger charge is 2.39. The molecule has 0 unspecified atom stereocenters. The normalized spacial score (nSPS) is 13.2. The fourth-order valence-corrected chi connectivity index (χ4v) is 2.00. The Hall–Kier alpha value is -2.01. The van der Waals surface area contributed by atoms with Crippen LogP contribution in [0, 0.1) is 0 Å². The molecule has 2 aromatic rings. The molecule has 0 aromatic heterocycles. The van der Waals surface area contributed by atoms with E-state index in [9.17, 15) is 18.3 Å². The first-order valence-electron chi connectivity index (χ1n) is 6.06. The number of benzene rings is 2. The van der Waals surface area contributed by atoms with Crippen LogP contribution in [0.2, 0.25) is 0 Å². The minimum atomic E-state index is -4.58. The number of rotatable bonds is 3. The number of alkyl halides is 3. The Balaban J connectivity index is 2.33. The summed E-state index contributed by atoms with van der Waals surface area (Å²) in [6.07, 6.45) is -4.23. The molecule has 0 radical (unpaired) electrons. The van der Waals surface area contributed by atoms with Crippen LogP contribution in [-0.2, 0) is 6.42 Å². The molecular weight excluding hydrogens is 267 g/mol. The molecule has 2 rings (SSSR count). The van der Waals surface area contributed by atoms with Crippen molar-refractivity contribution < 1.29 is 18.3 Å². The second-order valence-corrected chi connectivity index (χ2v) is 4.54. The van der Waals surface area contributed by atoms with Gasteiger partial charge in [0.05, 0.1) is 0 Å². The SMILES string of the molecule is N[C@H](c1cccc(Cc2ccccc2)c1O)C(F)(F)F. The van der Waals surface area contributed by atoms with Crippen molar-refractivity contribution in [2.75, 3.05) is 0 Å². The quantitative estimate of drug-likeness (QED) is 0.903. The van der Waals surface area contributed by atoms with Crippen LogP contribution in [0.3, 0.4) is 0 Å². The summed E-state index contributed by atoms with van der Waals surface area (Å²) in [5.41, 5.74) is 6.18. The Labute approximate surface area is 114 Å². The lowest BCUT2D eigenvalue weighted by Crippen LogP contribution is -2.28. The van der Waals surface area contributed by atoms with Crippen molar-refractivity contribution in [3.63, 3.8) is 0 Å². The Morgan fingerprint density at radius 2 is 1.65 bits per heavy atom. The molecule has 0 heterocycles. The van der Waals surface area contributed by atoms with Gasteiger partial charge in [-0.3, -0.25) is 0 Å². The van der Waals surface area contributed by atoms with Crippen molar-refractivity contribution in [2.24, 2.45) is 5.73 Å². The lowest BCUT2D eigenvalue weighted by molar-refractivity contribution is -0.149. The maximum atomic E-state index is 12.6. The number of phenols is 1. The fourth-order valence-electron chi connectivity index (χ4n) is 2.00. The highest BCUT2D eigenvalue weighted by atomic mass is 19.4. The highest BCUT2D eigenvalue weighted by molar-refractivity contribution is 5.44. The van der Waals surface area contributed by atoms with Crippen LogP contribution in [0.15, 0.2) is 48.5 Å². The number of halogens is 3. The van der Waals surface area contributed by atoms with Crippen molar-refractivity contribution in [2.45, 2.75) is 18.6 Å². The summed E-state index contributed by atoms with van der Waals surface area (Å²) in [5, 5.41) is 10.0. The Kier molecular flexibility index (Phi) is 3.99. The molecule has 0 saturated heterocycles. The Morgan fingerprint density at radius 1 is 1.00 bits per heavy atom. The summed E-state index contributed by atoms with van der Waals surface area (Å²) < 4.78 is 37.9. The van der Waals surface area contributed by atoms with E-state index in [0.717, 1.165) is 5.56 Å². The summed E-state index contributed by atoms with van der Waals surface area (Å²) in [6.45, 7) is 0. The van der Waals surface area contributed by atoms with Gasteiger partial charge in [0.1, 0.15) is 11.8 Å². The average Bonchev–Trinajstić information content (AvgIpc) is 2.40. The molecule has 0 aliphatic rings. The zero-order valence-corrected chi connectivity index (χ0v) is 10.6. The van der Waals surface area contributed by atoms with Crippen LogP contribution in [0.4, 0.5) is 13.2 Å². The molecule has 0 aliphatic carbocycles. The van der Waals surface area contributed by atoms with E-state index in [4.69, 9.17) is 5.73 Å². The van der Waals surface area contributed by atoms with Gasteiger partial charge in [-0.05, 0) is 11.1 Å². The predicted molar refractivity (Wildman–Crippen MR) is 70.3 cm³/mol. The van der Waals surface area contributed by atoms with Crippen molar-refractivity contribution in [1.82, 2.24) is 0 Å². The molecular formula is C15H14F3NO. The van der Waals surface area contributed by atoms with E-state index in [-0.39, 0.29) is 11.3 Å². The van der Waals surface area contributed by atoms with E-state index >= 15 is 0 Å². The van der Waals surface area contributed by atoms with E-state index in [1.165, 1.54) is 12.1 Å². The average molecular weight is 281 g/mol. The van der Waals surface area contributed by atoms with Crippen molar-refractivity contribution in [3.8, 4) is 5.75 Å². The molecule has 0 aliphatic heterocycles. The molecule has 2 nitrogen and oxygen atoms in total. The molecule has 20 heavy (non-hydrogen) atoms. The van der Waals surface area contributed by atoms with E-state index in [2.05, 4.69) is 0 Å². The van der Waals surface area contributed by atoms with Crippen molar-refractivity contribution >= 4 is 0 Å². The van der Waals surface area contributed by atoms with Gasteiger partial charge in [-0.15, -0.1) is 0 Å². The molecule has 1 atom stereocenters. The Bertz CT molecular complexity index is 581. The summed E-state index contributed by atoms with van der Waals surface area (Å²) in [7, 11) is 0.